The maximum Gasteiger partial charge on any atom is 0.318 e. The number of amides is 5. The summed E-state index contributed by atoms with van der Waals surface area (Å²) in [5, 5.41) is 18.0. The number of nitrogens with zero attached hydrogens (tertiary/aromatic N) is 3. The highest BCUT2D eigenvalue weighted by atomic mass is 16.2. The number of rotatable bonds is 18. The standard InChI is InChI=1S/C37H54N8O4/c1-27(2)23-32(34(46)41-31(15-9-10-18-38)36(48)44-20-16-29(25-40)17-21-44)42-35(47)33(24-28-11-5-3-6-12-28)43-37(49)45(22-19-39)26-30-13-7-4-8-14-30/h3-8,11-14,27,29,31-33H,9-10,15-24,26,38-39H2,1-2H3,(H,41,46)(H,42,47)(H,43,49)/t31-,32-,33-/m1/s1. The van der Waals surface area contributed by atoms with Gasteiger partial charge in [-0.2, -0.15) is 5.26 Å². The molecule has 0 aromatic heterocycles. The quantitative estimate of drug-likeness (QED) is 0.150. The number of nitrogens with two attached hydrogens (primary N) is 2. The minimum absolute atomic E-state index is 0.0422. The van der Waals surface area contributed by atoms with Crippen LogP contribution < -0.4 is 27.4 Å². The van der Waals surface area contributed by atoms with E-state index in [1.165, 1.54) is 0 Å². The van der Waals surface area contributed by atoms with Crippen LogP contribution in [0, 0.1) is 23.2 Å². The number of carbonyl (C=O) groups is 4. The highest BCUT2D eigenvalue weighted by Gasteiger charge is 2.33. The maximum atomic E-state index is 14.0. The van der Waals surface area contributed by atoms with Crippen molar-refractivity contribution < 1.29 is 19.2 Å². The van der Waals surface area contributed by atoms with Crippen molar-refractivity contribution in [2.45, 2.75) is 83.5 Å². The number of benzene rings is 2. The van der Waals surface area contributed by atoms with E-state index in [-0.39, 0.29) is 37.3 Å². The van der Waals surface area contributed by atoms with Gasteiger partial charge in [-0.15, -0.1) is 0 Å². The summed E-state index contributed by atoms with van der Waals surface area (Å²) in [6.45, 7) is 6.13. The summed E-state index contributed by atoms with van der Waals surface area (Å²) in [5.41, 5.74) is 13.3. The number of piperidine rings is 1. The van der Waals surface area contributed by atoms with E-state index in [0.717, 1.165) is 11.1 Å². The Bertz CT molecular complexity index is 1360. The predicted octanol–water partition coefficient (Wildman–Crippen LogP) is 2.68. The lowest BCUT2D eigenvalue weighted by atomic mass is 9.97. The van der Waals surface area contributed by atoms with Crippen molar-refractivity contribution in [3.8, 4) is 6.07 Å². The molecule has 3 rings (SSSR count). The van der Waals surface area contributed by atoms with E-state index in [2.05, 4.69) is 22.0 Å². The Kier molecular flexibility index (Phi) is 16.5. The van der Waals surface area contributed by atoms with E-state index in [1.807, 2.05) is 74.5 Å². The Morgan fingerprint density at radius 3 is 2.00 bits per heavy atom. The van der Waals surface area contributed by atoms with Crippen LogP contribution in [-0.2, 0) is 27.3 Å². The monoisotopic (exact) mass is 674 g/mol. The Balaban J connectivity index is 1.79. The zero-order chi connectivity index (χ0) is 35.6. The molecule has 0 aliphatic carbocycles. The van der Waals surface area contributed by atoms with Crippen LogP contribution >= 0.6 is 0 Å². The fourth-order valence-electron chi connectivity index (χ4n) is 5.96. The largest absolute Gasteiger partial charge is 0.343 e. The summed E-state index contributed by atoms with van der Waals surface area (Å²) < 4.78 is 0. The Morgan fingerprint density at radius 1 is 0.837 bits per heavy atom. The van der Waals surface area contributed by atoms with Gasteiger partial charge in [0.2, 0.25) is 17.7 Å². The van der Waals surface area contributed by atoms with Crippen LogP contribution in [0.25, 0.3) is 0 Å². The number of hydrogen-bond acceptors (Lipinski definition) is 7. The van der Waals surface area contributed by atoms with Gasteiger partial charge in [0, 0.05) is 45.1 Å². The highest BCUT2D eigenvalue weighted by molar-refractivity contribution is 5.94. The van der Waals surface area contributed by atoms with E-state index >= 15 is 0 Å². The van der Waals surface area contributed by atoms with Gasteiger partial charge in [0.1, 0.15) is 18.1 Å². The molecule has 1 aliphatic heterocycles. The van der Waals surface area contributed by atoms with Gasteiger partial charge in [-0.25, -0.2) is 4.79 Å². The number of carbonyl (C=O) groups excluding carboxylic acids is 4. The molecule has 49 heavy (non-hydrogen) atoms. The van der Waals surface area contributed by atoms with Crippen LogP contribution in [0.15, 0.2) is 60.7 Å². The van der Waals surface area contributed by atoms with Gasteiger partial charge >= 0.3 is 6.03 Å². The van der Waals surface area contributed by atoms with E-state index in [1.54, 1.807) is 9.80 Å². The van der Waals surface area contributed by atoms with Crippen molar-refractivity contribution in [3.63, 3.8) is 0 Å². The molecule has 1 heterocycles. The molecule has 7 N–H and O–H groups in total. The fourth-order valence-corrected chi connectivity index (χ4v) is 5.96. The zero-order valence-corrected chi connectivity index (χ0v) is 29.0. The molecule has 0 saturated carbocycles. The van der Waals surface area contributed by atoms with E-state index in [9.17, 15) is 24.4 Å². The second-order valence-electron chi connectivity index (χ2n) is 13.2. The van der Waals surface area contributed by atoms with E-state index in [0.29, 0.717) is 64.7 Å². The molecule has 3 atom stereocenters. The van der Waals surface area contributed by atoms with Crippen LogP contribution in [0.1, 0.15) is 63.5 Å². The topological polar surface area (TPSA) is 187 Å². The molecule has 2 aromatic rings. The van der Waals surface area contributed by atoms with Gasteiger partial charge in [-0.3, -0.25) is 14.4 Å². The minimum atomic E-state index is -0.989. The lowest BCUT2D eigenvalue weighted by Gasteiger charge is -2.33. The summed E-state index contributed by atoms with van der Waals surface area (Å²) >= 11 is 0. The Hall–Kier alpha value is -4.47. The number of urea groups is 1. The first-order chi connectivity index (χ1) is 23.6. The van der Waals surface area contributed by atoms with Crippen molar-refractivity contribution in [1.29, 1.82) is 5.26 Å². The summed E-state index contributed by atoms with van der Waals surface area (Å²) in [4.78, 5) is 58.4. The summed E-state index contributed by atoms with van der Waals surface area (Å²) in [6, 6.07) is 18.0. The first kappa shape index (κ1) is 39.0. The van der Waals surface area contributed by atoms with Gasteiger partial charge in [0.15, 0.2) is 0 Å². The molecule has 1 fully saturated rings. The van der Waals surface area contributed by atoms with Crippen LogP contribution in [0.3, 0.4) is 0 Å². The third-order valence-corrected chi connectivity index (χ3v) is 8.69. The molecular formula is C37H54N8O4. The van der Waals surface area contributed by atoms with Gasteiger partial charge in [-0.1, -0.05) is 74.5 Å². The van der Waals surface area contributed by atoms with Crippen LogP contribution in [-0.4, -0.2) is 84.4 Å². The maximum absolute atomic E-state index is 14.0. The normalized spacial score (nSPS) is 15.1. The third-order valence-electron chi connectivity index (χ3n) is 8.69. The molecular weight excluding hydrogens is 620 g/mol. The van der Waals surface area contributed by atoms with E-state index < -0.39 is 36.0 Å². The fraction of sp³-hybridized carbons (Fsp3) is 0.541. The molecule has 0 unspecified atom stereocenters. The molecule has 12 heteroatoms. The van der Waals surface area contributed by atoms with Crippen molar-refractivity contribution in [2.75, 3.05) is 32.7 Å². The number of likely N-dealkylation sites (tertiary alicyclic amines) is 1. The number of unbranched alkanes of at least 4 members (excludes halogenated alkanes) is 1. The van der Waals surface area contributed by atoms with Crippen molar-refractivity contribution in [1.82, 2.24) is 25.8 Å². The lowest BCUT2D eigenvalue weighted by Crippen LogP contribution is -2.59. The molecule has 1 aliphatic rings. The highest BCUT2D eigenvalue weighted by Crippen LogP contribution is 2.18. The summed E-state index contributed by atoms with van der Waals surface area (Å²) in [5.74, 6) is -1.19. The SMILES string of the molecule is CC(C)C[C@@H](NC(=O)[C@@H](Cc1ccccc1)NC(=O)N(CCN)Cc1ccccc1)C(=O)N[C@H](CCCCN)C(=O)N1CCC(C#N)CC1. The smallest absolute Gasteiger partial charge is 0.318 e. The summed E-state index contributed by atoms with van der Waals surface area (Å²) in [6.07, 6.45) is 3.49. The predicted molar refractivity (Wildman–Crippen MR) is 190 cm³/mol. The molecule has 2 aromatic carbocycles. The van der Waals surface area contributed by atoms with Gasteiger partial charge in [-0.05, 0) is 62.1 Å². The average molecular weight is 675 g/mol. The lowest BCUT2D eigenvalue weighted by molar-refractivity contribution is -0.138. The van der Waals surface area contributed by atoms with Gasteiger partial charge in [0.05, 0.1) is 6.07 Å². The van der Waals surface area contributed by atoms with Crippen LogP contribution in [0.5, 0.6) is 0 Å². The molecule has 266 valence electrons. The van der Waals surface area contributed by atoms with Crippen molar-refractivity contribution in [2.24, 2.45) is 23.3 Å². The first-order valence-electron chi connectivity index (χ1n) is 17.5. The molecule has 0 spiro atoms. The minimum Gasteiger partial charge on any atom is -0.343 e. The Labute approximate surface area is 290 Å². The molecule has 0 bridgehead atoms. The molecule has 5 amide bonds. The first-order valence-corrected chi connectivity index (χ1v) is 17.5. The average Bonchev–Trinajstić information content (AvgIpc) is 3.10. The molecule has 0 radical (unpaired) electrons. The summed E-state index contributed by atoms with van der Waals surface area (Å²) in [7, 11) is 0. The number of nitriles is 1. The molecule has 12 nitrogen and oxygen atoms in total. The third kappa shape index (κ3) is 13.2. The number of nitrogens with one attached hydrogen (secondary N) is 3. The van der Waals surface area contributed by atoms with Crippen LogP contribution in [0.4, 0.5) is 4.79 Å². The number of hydrogen-bond donors (Lipinski definition) is 5. The second kappa shape index (κ2) is 20.8. The van der Waals surface area contributed by atoms with Gasteiger partial charge < -0.3 is 37.2 Å². The van der Waals surface area contributed by atoms with Crippen molar-refractivity contribution >= 4 is 23.8 Å². The van der Waals surface area contributed by atoms with E-state index in [4.69, 9.17) is 11.5 Å². The zero-order valence-electron chi connectivity index (χ0n) is 29.0. The van der Waals surface area contributed by atoms with Crippen molar-refractivity contribution in [3.05, 3.63) is 71.8 Å². The molecule has 1 saturated heterocycles. The van der Waals surface area contributed by atoms with Crippen LogP contribution in [0.2, 0.25) is 0 Å². The Morgan fingerprint density at radius 2 is 1.43 bits per heavy atom. The van der Waals surface area contributed by atoms with Gasteiger partial charge in [0.25, 0.3) is 0 Å². The second-order valence-corrected chi connectivity index (χ2v) is 13.2.